The third kappa shape index (κ3) is 4.95. The molecule has 3 N–H and O–H groups in total. The Morgan fingerprint density at radius 1 is 1.15 bits per heavy atom. The number of carbonyl (C=O) groups is 3. The van der Waals surface area contributed by atoms with Gasteiger partial charge in [0.2, 0.25) is 11.8 Å². The third-order valence-electron chi connectivity index (χ3n) is 7.29. The SMILES string of the molecule is N#CC(CC1CCNC1=O)NC(=O)C(CC(=O)c1cc2c(C3CC3)cccc2[nH]1)CC1CC1. The Morgan fingerprint density at radius 3 is 2.64 bits per heavy atom. The average molecular weight is 447 g/mol. The number of aromatic nitrogens is 1. The highest BCUT2D eigenvalue weighted by atomic mass is 16.2. The molecule has 2 heterocycles. The summed E-state index contributed by atoms with van der Waals surface area (Å²) in [7, 11) is 0. The largest absolute Gasteiger partial charge is 0.356 e. The molecule has 2 amide bonds. The first-order valence-corrected chi connectivity index (χ1v) is 12.1. The fourth-order valence-corrected chi connectivity index (χ4v) is 5.04. The average Bonchev–Trinajstić information content (AvgIpc) is 3.73. The second-order valence-corrected chi connectivity index (χ2v) is 9.97. The van der Waals surface area contributed by atoms with Crippen LogP contribution in [0.3, 0.4) is 0 Å². The number of fused-ring (bicyclic) bond motifs is 1. The van der Waals surface area contributed by atoms with Crippen LogP contribution < -0.4 is 10.6 Å². The van der Waals surface area contributed by atoms with E-state index in [1.54, 1.807) is 0 Å². The molecule has 7 nitrogen and oxygen atoms in total. The summed E-state index contributed by atoms with van der Waals surface area (Å²) in [6, 6.07) is 9.49. The van der Waals surface area contributed by atoms with Crippen LogP contribution in [0.25, 0.3) is 10.9 Å². The van der Waals surface area contributed by atoms with E-state index in [0.29, 0.717) is 43.3 Å². The van der Waals surface area contributed by atoms with Crippen molar-refractivity contribution >= 4 is 28.5 Å². The fraction of sp³-hybridized carbons (Fsp3) is 0.538. The van der Waals surface area contributed by atoms with Crippen molar-refractivity contribution in [2.45, 2.75) is 63.3 Å². The molecule has 2 aliphatic carbocycles. The number of aromatic amines is 1. The zero-order valence-electron chi connectivity index (χ0n) is 18.7. The Bertz CT molecular complexity index is 1120. The van der Waals surface area contributed by atoms with Gasteiger partial charge in [0.1, 0.15) is 6.04 Å². The first kappa shape index (κ1) is 21.7. The molecule has 33 heavy (non-hydrogen) atoms. The maximum atomic E-state index is 13.2. The summed E-state index contributed by atoms with van der Waals surface area (Å²) in [4.78, 5) is 41.4. The number of hydrogen-bond donors (Lipinski definition) is 3. The Morgan fingerprint density at radius 2 is 1.97 bits per heavy atom. The van der Waals surface area contributed by atoms with Crippen molar-refractivity contribution in [3.63, 3.8) is 0 Å². The number of ketones is 1. The van der Waals surface area contributed by atoms with Gasteiger partial charge in [-0.1, -0.05) is 25.0 Å². The molecule has 1 saturated heterocycles. The second kappa shape index (κ2) is 9.01. The van der Waals surface area contributed by atoms with E-state index in [2.05, 4.69) is 27.8 Å². The number of carbonyl (C=O) groups excluding carboxylic acids is 3. The lowest BCUT2D eigenvalue weighted by molar-refractivity contribution is -0.127. The van der Waals surface area contributed by atoms with Crippen LogP contribution in [-0.2, 0) is 9.59 Å². The normalized spacial score (nSPS) is 21.9. The van der Waals surface area contributed by atoms with Crippen molar-refractivity contribution in [2.75, 3.05) is 6.54 Å². The number of nitrogens with one attached hydrogen (secondary N) is 3. The maximum absolute atomic E-state index is 13.2. The monoisotopic (exact) mass is 446 g/mol. The summed E-state index contributed by atoms with van der Waals surface area (Å²) < 4.78 is 0. The van der Waals surface area contributed by atoms with Gasteiger partial charge in [0, 0.05) is 35.7 Å². The summed E-state index contributed by atoms with van der Waals surface area (Å²) in [6.45, 7) is 0.612. The molecule has 3 fully saturated rings. The highest BCUT2D eigenvalue weighted by molar-refractivity contribution is 6.02. The van der Waals surface area contributed by atoms with Crippen molar-refractivity contribution in [2.24, 2.45) is 17.8 Å². The fourth-order valence-electron chi connectivity index (χ4n) is 5.04. The molecule has 7 heteroatoms. The van der Waals surface area contributed by atoms with Gasteiger partial charge in [-0.05, 0) is 61.6 Å². The van der Waals surface area contributed by atoms with E-state index < -0.39 is 12.0 Å². The van der Waals surface area contributed by atoms with E-state index in [9.17, 15) is 19.6 Å². The lowest BCUT2D eigenvalue weighted by atomic mass is 9.92. The topological polar surface area (TPSA) is 115 Å². The highest BCUT2D eigenvalue weighted by Gasteiger charge is 2.34. The second-order valence-electron chi connectivity index (χ2n) is 9.97. The number of amides is 2. The Balaban J connectivity index is 1.27. The van der Waals surface area contributed by atoms with Gasteiger partial charge in [0.15, 0.2) is 5.78 Å². The molecule has 3 unspecified atom stereocenters. The minimum absolute atomic E-state index is 0.0569. The maximum Gasteiger partial charge on any atom is 0.224 e. The van der Waals surface area contributed by atoms with Gasteiger partial charge in [-0.2, -0.15) is 5.26 Å². The van der Waals surface area contributed by atoms with Gasteiger partial charge >= 0.3 is 0 Å². The van der Waals surface area contributed by atoms with Gasteiger partial charge in [0.05, 0.1) is 11.8 Å². The van der Waals surface area contributed by atoms with E-state index >= 15 is 0 Å². The van der Waals surface area contributed by atoms with Crippen molar-refractivity contribution in [3.8, 4) is 6.07 Å². The number of rotatable bonds is 10. The molecule has 0 bridgehead atoms. The number of nitriles is 1. The molecule has 3 aliphatic rings. The lowest BCUT2D eigenvalue weighted by Crippen LogP contribution is -2.40. The van der Waals surface area contributed by atoms with Crippen molar-refractivity contribution in [1.82, 2.24) is 15.6 Å². The number of Topliss-reactive ketones (excluding diaryl/α,β-unsaturated/α-hetero) is 1. The molecule has 3 atom stereocenters. The summed E-state index contributed by atoms with van der Waals surface area (Å²) in [5.41, 5.74) is 2.80. The minimum atomic E-state index is -0.725. The van der Waals surface area contributed by atoms with Crippen LogP contribution in [0.2, 0.25) is 0 Å². The molecule has 172 valence electrons. The standard InChI is InChI=1S/C26H30N4O3/c27-14-19(11-17-8-9-28-25(17)32)29-26(33)18(10-15-4-5-15)12-24(31)23-13-21-20(16-6-7-16)2-1-3-22(21)30-23/h1-3,13,15-19,30H,4-12H2,(H,28,32)(H,29,33). The number of nitrogens with zero attached hydrogens (tertiary/aromatic N) is 1. The van der Waals surface area contributed by atoms with Crippen LogP contribution in [0.15, 0.2) is 24.3 Å². The quantitative estimate of drug-likeness (QED) is 0.484. The molecular formula is C26H30N4O3. The summed E-state index contributed by atoms with van der Waals surface area (Å²) in [5, 5.41) is 16.2. The Hall–Kier alpha value is -3.14. The Labute approximate surface area is 193 Å². The van der Waals surface area contributed by atoms with Gasteiger partial charge in [-0.25, -0.2) is 0 Å². The van der Waals surface area contributed by atoms with Gasteiger partial charge in [-0.3, -0.25) is 14.4 Å². The predicted molar refractivity (Wildman–Crippen MR) is 123 cm³/mol. The molecule has 0 radical (unpaired) electrons. The molecule has 5 rings (SSSR count). The van der Waals surface area contributed by atoms with Gasteiger partial charge in [0.25, 0.3) is 0 Å². The van der Waals surface area contributed by atoms with Gasteiger partial charge in [-0.15, -0.1) is 0 Å². The molecule has 1 aromatic carbocycles. The molecule has 1 aliphatic heterocycles. The molecule has 2 saturated carbocycles. The van der Waals surface area contributed by atoms with Crippen molar-refractivity contribution in [1.29, 1.82) is 5.26 Å². The first-order valence-electron chi connectivity index (χ1n) is 12.1. The number of hydrogen-bond acceptors (Lipinski definition) is 4. The summed E-state index contributed by atoms with van der Waals surface area (Å²) in [5.74, 6) is -0.0337. The van der Waals surface area contributed by atoms with Crippen molar-refractivity contribution in [3.05, 3.63) is 35.5 Å². The lowest BCUT2D eigenvalue weighted by Gasteiger charge is -2.19. The highest BCUT2D eigenvalue weighted by Crippen LogP contribution is 2.43. The third-order valence-corrected chi connectivity index (χ3v) is 7.29. The predicted octanol–water partition coefficient (Wildman–Crippen LogP) is 3.57. The van der Waals surface area contributed by atoms with E-state index in [-0.39, 0.29) is 29.9 Å². The van der Waals surface area contributed by atoms with Gasteiger partial charge < -0.3 is 15.6 Å². The van der Waals surface area contributed by atoms with Crippen LogP contribution in [0.5, 0.6) is 0 Å². The van der Waals surface area contributed by atoms with Crippen LogP contribution in [0.1, 0.15) is 73.3 Å². The van der Waals surface area contributed by atoms with Crippen LogP contribution in [-0.4, -0.2) is 35.2 Å². The molecule has 0 spiro atoms. The van der Waals surface area contributed by atoms with Crippen LogP contribution >= 0.6 is 0 Å². The zero-order valence-corrected chi connectivity index (χ0v) is 18.7. The van der Waals surface area contributed by atoms with E-state index in [1.807, 2.05) is 18.2 Å². The summed E-state index contributed by atoms with van der Waals surface area (Å²) in [6.07, 6.45) is 6.32. The smallest absolute Gasteiger partial charge is 0.224 e. The number of benzene rings is 1. The van der Waals surface area contributed by atoms with E-state index in [1.165, 1.54) is 18.4 Å². The zero-order chi connectivity index (χ0) is 22.9. The number of H-pyrrole nitrogens is 1. The Kier molecular flexibility index (Phi) is 5.92. The molecular weight excluding hydrogens is 416 g/mol. The van der Waals surface area contributed by atoms with Crippen LogP contribution in [0, 0.1) is 29.1 Å². The summed E-state index contributed by atoms with van der Waals surface area (Å²) >= 11 is 0. The first-order chi connectivity index (χ1) is 16.0. The van der Waals surface area contributed by atoms with Crippen molar-refractivity contribution < 1.29 is 14.4 Å². The minimum Gasteiger partial charge on any atom is -0.356 e. The molecule has 1 aromatic heterocycles. The van der Waals surface area contributed by atoms with E-state index in [4.69, 9.17) is 0 Å². The van der Waals surface area contributed by atoms with E-state index in [0.717, 1.165) is 23.7 Å². The molecule has 2 aromatic rings. The van der Waals surface area contributed by atoms with Crippen LogP contribution in [0.4, 0.5) is 0 Å².